The first-order chi connectivity index (χ1) is 6.24. The van der Waals surface area contributed by atoms with Crippen LogP contribution < -0.4 is 0 Å². The SMILES string of the molecule is C[C@H]1[C@H](O)[C@@H](N=[N+]=[N-])C2OC[C@H]1O2. The molecule has 2 aliphatic rings. The molecule has 0 radical (unpaired) electrons. The number of fused-ring (bicyclic) bond motifs is 2. The van der Waals surface area contributed by atoms with Crippen LogP contribution in [0.3, 0.4) is 0 Å². The first-order valence-electron chi connectivity index (χ1n) is 4.23. The molecule has 2 heterocycles. The first kappa shape index (κ1) is 8.77. The van der Waals surface area contributed by atoms with Gasteiger partial charge in [-0.1, -0.05) is 12.0 Å². The Balaban J connectivity index is 2.21. The Morgan fingerprint density at radius 1 is 1.62 bits per heavy atom. The second kappa shape index (κ2) is 3.16. The van der Waals surface area contributed by atoms with Gasteiger partial charge in [0.25, 0.3) is 0 Å². The van der Waals surface area contributed by atoms with Crippen molar-refractivity contribution in [2.75, 3.05) is 6.61 Å². The minimum atomic E-state index is -0.665. The molecule has 13 heavy (non-hydrogen) atoms. The van der Waals surface area contributed by atoms with Crippen molar-refractivity contribution in [1.82, 2.24) is 0 Å². The standard InChI is InChI=1S/C7H11N3O3/c1-3-4-2-12-7(13-4)5(6(3)11)9-10-8/h3-7,11H,2H2,1H3/t3-,4-,5-,6+,7?/m1/s1. The molecule has 0 amide bonds. The highest BCUT2D eigenvalue weighted by Gasteiger charge is 2.47. The number of hydrogen-bond acceptors (Lipinski definition) is 4. The zero-order valence-corrected chi connectivity index (χ0v) is 7.20. The summed E-state index contributed by atoms with van der Waals surface area (Å²) in [5.41, 5.74) is 8.29. The normalized spacial score (nSPS) is 48.6. The van der Waals surface area contributed by atoms with Crippen molar-refractivity contribution >= 4 is 0 Å². The van der Waals surface area contributed by atoms with E-state index in [0.717, 1.165) is 0 Å². The summed E-state index contributed by atoms with van der Waals surface area (Å²) >= 11 is 0. The number of nitrogens with zero attached hydrogens (tertiary/aromatic N) is 3. The molecule has 0 spiro atoms. The van der Waals surface area contributed by atoms with E-state index in [0.29, 0.717) is 6.61 Å². The average molecular weight is 185 g/mol. The molecule has 2 saturated heterocycles. The van der Waals surface area contributed by atoms with Gasteiger partial charge < -0.3 is 14.6 Å². The smallest absolute Gasteiger partial charge is 0.169 e. The lowest BCUT2D eigenvalue weighted by atomic mass is 9.91. The Bertz CT molecular complexity index is 253. The Labute approximate surface area is 75.1 Å². The van der Waals surface area contributed by atoms with E-state index in [9.17, 15) is 5.11 Å². The number of hydrogen-bond donors (Lipinski definition) is 1. The van der Waals surface area contributed by atoms with Gasteiger partial charge in [-0.05, 0) is 5.53 Å². The highest BCUT2D eigenvalue weighted by atomic mass is 16.7. The van der Waals surface area contributed by atoms with E-state index in [1.165, 1.54) is 0 Å². The largest absolute Gasteiger partial charge is 0.392 e. The maximum absolute atomic E-state index is 9.72. The van der Waals surface area contributed by atoms with E-state index in [1.807, 2.05) is 6.92 Å². The molecule has 0 saturated carbocycles. The molecule has 72 valence electrons. The number of ether oxygens (including phenoxy) is 2. The number of azide groups is 1. The zero-order chi connectivity index (χ0) is 9.42. The van der Waals surface area contributed by atoms with E-state index in [1.54, 1.807) is 0 Å². The summed E-state index contributed by atoms with van der Waals surface area (Å²) in [5, 5.41) is 13.2. The maximum Gasteiger partial charge on any atom is 0.169 e. The second-order valence-corrected chi connectivity index (χ2v) is 3.42. The average Bonchev–Trinajstić information content (AvgIpc) is 2.56. The van der Waals surface area contributed by atoms with Gasteiger partial charge in [0.2, 0.25) is 0 Å². The van der Waals surface area contributed by atoms with Crippen LogP contribution in [0.5, 0.6) is 0 Å². The van der Waals surface area contributed by atoms with Gasteiger partial charge in [-0.25, -0.2) is 0 Å². The van der Waals surface area contributed by atoms with E-state index >= 15 is 0 Å². The van der Waals surface area contributed by atoms with Crippen LogP contribution in [0.15, 0.2) is 5.11 Å². The minimum absolute atomic E-state index is 0.0470. The van der Waals surface area contributed by atoms with E-state index in [4.69, 9.17) is 15.0 Å². The van der Waals surface area contributed by atoms with Crippen molar-refractivity contribution in [2.45, 2.75) is 31.5 Å². The van der Waals surface area contributed by atoms with Crippen molar-refractivity contribution < 1.29 is 14.6 Å². The van der Waals surface area contributed by atoms with Gasteiger partial charge in [0.15, 0.2) is 6.29 Å². The van der Waals surface area contributed by atoms with Crippen LogP contribution in [-0.4, -0.2) is 36.3 Å². The van der Waals surface area contributed by atoms with E-state index in [-0.39, 0.29) is 12.0 Å². The van der Waals surface area contributed by atoms with Crippen LogP contribution in [0, 0.1) is 5.92 Å². The molecule has 2 fully saturated rings. The van der Waals surface area contributed by atoms with Crippen molar-refractivity contribution in [3.63, 3.8) is 0 Å². The molecule has 0 aromatic carbocycles. The van der Waals surface area contributed by atoms with Crippen LogP contribution in [0.1, 0.15) is 6.92 Å². The molecule has 6 nitrogen and oxygen atoms in total. The van der Waals surface area contributed by atoms with Crippen molar-refractivity contribution in [2.24, 2.45) is 11.0 Å². The summed E-state index contributed by atoms with van der Waals surface area (Å²) in [5.74, 6) is -0.0470. The number of rotatable bonds is 1. The second-order valence-electron chi connectivity index (χ2n) is 3.42. The van der Waals surface area contributed by atoms with Crippen molar-refractivity contribution in [3.8, 4) is 0 Å². The lowest BCUT2D eigenvalue weighted by Crippen LogP contribution is -2.48. The van der Waals surface area contributed by atoms with Crippen LogP contribution in [0.2, 0.25) is 0 Å². The zero-order valence-electron chi connectivity index (χ0n) is 7.20. The Morgan fingerprint density at radius 2 is 2.38 bits per heavy atom. The van der Waals surface area contributed by atoms with Gasteiger partial charge >= 0.3 is 0 Å². The molecule has 5 atom stereocenters. The third-order valence-electron chi connectivity index (χ3n) is 2.67. The minimum Gasteiger partial charge on any atom is -0.392 e. The fourth-order valence-electron chi connectivity index (χ4n) is 1.77. The van der Waals surface area contributed by atoms with Crippen LogP contribution in [-0.2, 0) is 9.47 Å². The Kier molecular flexibility index (Phi) is 2.13. The first-order valence-corrected chi connectivity index (χ1v) is 4.23. The Hall–Kier alpha value is -0.810. The number of aliphatic hydroxyl groups is 1. The molecular weight excluding hydrogens is 174 g/mol. The van der Waals surface area contributed by atoms with Crippen LogP contribution in [0.4, 0.5) is 0 Å². The summed E-state index contributed by atoms with van der Waals surface area (Å²) in [6, 6.07) is -0.612. The van der Waals surface area contributed by atoms with Gasteiger partial charge in [-0.2, -0.15) is 0 Å². The number of aliphatic hydroxyl groups excluding tert-OH is 1. The van der Waals surface area contributed by atoms with E-state index < -0.39 is 18.4 Å². The predicted octanol–water partition coefficient (Wildman–Crippen LogP) is 0.417. The fourth-order valence-corrected chi connectivity index (χ4v) is 1.77. The third kappa shape index (κ3) is 1.28. The monoisotopic (exact) mass is 185 g/mol. The van der Waals surface area contributed by atoms with Gasteiger partial charge in [-0.3, -0.25) is 0 Å². The van der Waals surface area contributed by atoms with Crippen LogP contribution >= 0.6 is 0 Å². The highest BCUT2D eigenvalue weighted by Crippen LogP contribution is 2.33. The molecule has 0 aliphatic carbocycles. The summed E-state index contributed by atoms with van der Waals surface area (Å²) in [4.78, 5) is 2.67. The summed E-state index contributed by atoms with van der Waals surface area (Å²) in [7, 11) is 0. The third-order valence-corrected chi connectivity index (χ3v) is 2.67. The molecular formula is C7H11N3O3. The van der Waals surface area contributed by atoms with Crippen molar-refractivity contribution in [3.05, 3.63) is 10.4 Å². The molecule has 2 bridgehead atoms. The maximum atomic E-state index is 9.72. The lowest BCUT2D eigenvalue weighted by molar-refractivity contribution is -0.151. The molecule has 1 unspecified atom stereocenters. The summed E-state index contributed by atoms with van der Waals surface area (Å²) < 4.78 is 10.6. The molecule has 2 aliphatic heterocycles. The molecule has 0 aromatic heterocycles. The van der Waals surface area contributed by atoms with Crippen molar-refractivity contribution in [1.29, 1.82) is 0 Å². The van der Waals surface area contributed by atoms with Gasteiger partial charge in [0, 0.05) is 10.8 Å². The van der Waals surface area contributed by atoms with E-state index in [2.05, 4.69) is 10.0 Å². The topological polar surface area (TPSA) is 87.5 Å². The predicted molar refractivity (Wildman–Crippen MR) is 42.7 cm³/mol. The summed E-state index contributed by atoms with van der Waals surface area (Å²) in [6.45, 7) is 2.33. The molecule has 6 heteroatoms. The Morgan fingerprint density at radius 3 is 3.08 bits per heavy atom. The van der Waals surface area contributed by atoms with Gasteiger partial charge in [0.1, 0.15) is 6.04 Å². The van der Waals surface area contributed by atoms with Crippen LogP contribution in [0.25, 0.3) is 10.4 Å². The fraction of sp³-hybridized carbons (Fsp3) is 1.00. The molecule has 0 aromatic rings. The highest BCUT2D eigenvalue weighted by molar-refractivity contribution is 4.94. The lowest BCUT2D eigenvalue weighted by Gasteiger charge is -2.33. The summed E-state index contributed by atoms with van der Waals surface area (Å²) in [6.07, 6.45) is -1.29. The van der Waals surface area contributed by atoms with Gasteiger partial charge in [0.05, 0.1) is 18.8 Å². The molecule has 1 N–H and O–H groups in total. The quantitative estimate of drug-likeness (QED) is 0.364. The molecule has 2 rings (SSSR count). The van der Waals surface area contributed by atoms with Gasteiger partial charge in [-0.15, -0.1) is 0 Å².